The lowest BCUT2D eigenvalue weighted by atomic mass is 9.76. The van der Waals surface area contributed by atoms with E-state index in [1.807, 2.05) is 24.2 Å². The Labute approximate surface area is 241 Å². The third-order valence-corrected chi connectivity index (χ3v) is 9.89. The van der Waals surface area contributed by atoms with Crippen LogP contribution in [-0.2, 0) is 16.7 Å². The van der Waals surface area contributed by atoms with Gasteiger partial charge in [-0.15, -0.1) is 11.8 Å². The highest BCUT2D eigenvalue weighted by atomic mass is 32.2. The fourth-order valence-corrected chi connectivity index (χ4v) is 7.84. The number of nitriles is 1. The Morgan fingerprint density at radius 1 is 0.875 bits per heavy atom. The third-order valence-electron chi connectivity index (χ3n) is 8.16. The summed E-state index contributed by atoms with van der Waals surface area (Å²) in [6.45, 7) is 2.24. The summed E-state index contributed by atoms with van der Waals surface area (Å²) in [7, 11) is 0. The lowest BCUT2D eigenvalue weighted by Crippen LogP contribution is -2.37. The van der Waals surface area contributed by atoms with E-state index in [4.69, 9.17) is 4.98 Å². The summed E-state index contributed by atoms with van der Waals surface area (Å²) in [5, 5.41) is 9.57. The summed E-state index contributed by atoms with van der Waals surface area (Å²) in [6.07, 6.45) is 8.54. The molecule has 3 nitrogen and oxygen atoms in total. The zero-order valence-corrected chi connectivity index (χ0v) is 23.6. The van der Waals surface area contributed by atoms with Crippen molar-refractivity contribution in [1.29, 1.82) is 5.26 Å². The maximum absolute atomic E-state index is 9.57. The molecule has 0 saturated heterocycles. The van der Waals surface area contributed by atoms with Gasteiger partial charge in [-0.1, -0.05) is 104 Å². The van der Waals surface area contributed by atoms with Crippen LogP contribution in [-0.4, -0.2) is 15.3 Å². The summed E-state index contributed by atoms with van der Waals surface area (Å²) >= 11 is 2.01. The molecule has 0 bridgehead atoms. The van der Waals surface area contributed by atoms with Crippen LogP contribution in [0.2, 0.25) is 0 Å². The van der Waals surface area contributed by atoms with E-state index in [1.54, 1.807) is 0 Å². The Morgan fingerprint density at radius 2 is 1.48 bits per heavy atom. The fourth-order valence-electron chi connectivity index (χ4n) is 6.39. The van der Waals surface area contributed by atoms with Gasteiger partial charge in [0.2, 0.25) is 0 Å². The summed E-state index contributed by atoms with van der Waals surface area (Å²) in [4.78, 5) is 5.23. The van der Waals surface area contributed by atoms with Crippen LogP contribution in [0, 0.1) is 11.3 Å². The Morgan fingerprint density at radius 3 is 2.02 bits per heavy atom. The highest BCUT2D eigenvalue weighted by molar-refractivity contribution is 8.00. The largest absolute Gasteiger partial charge is 0.319 e. The monoisotopic (exact) mass is 539 g/mol. The van der Waals surface area contributed by atoms with Gasteiger partial charge in [-0.3, -0.25) is 0 Å². The van der Waals surface area contributed by atoms with Crippen LogP contribution in [0.4, 0.5) is 0 Å². The number of aryl methyl sites for hydroxylation is 1. The third kappa shape index (κ3) is 4.35. The summed E-state index contributed by atoms with van der Waals surface area (Å²) in [5.41, 5.74) is 7.39. The molecule has 6 rings (SSSR count). The van der Waals surface area contributed by atoms with E-state index >= 15 is 0 Å². The molecule has 0 amide bonds. The SMILES string of the molecule is CCCSC1(c2cn(C(c3ccccc3)(c3ccccc3)c3ccccc3)cn2)CCCc2cc(C#N)ccc21. The van der Waals surface area contributed by atoms with E-state index in [0.29, 0.717) is 0 Å². The van der Waals surface area contributed by atoms with Crippen molar-refractivity contribution in [2.45, 2.75) is 42.9 Å². The van der Waals surface area contributed by atoms with Crippen molar-refractivity contribution in [2.24, 2.45) is 0 Å². The van der Waals surface area contributed by atoms with Gasteiger partial charge in [0.15, 0.2) is 0 Å². The van der Waals surface area contributed by atoms with E-state index in [-0.39, 0.29) is 4.75 Å². The van der Waals surface area contributed by atoms with Crippen molar-refractivity contribution < 1.29 is 0 Å². The van der Waals surface area contributed by atoms with E-state index < -0.39 is 5.54 Å². The molecule has 1 atom stereocenters. The van der Waals surface area contributed by atoms with Gasteiger partial charge in [-0.05, 0) is 71.4 Å². The number of imidazole rings is 1. The molecule has 1 unspecified atom stereocenters. The molecule has 0 N–H and O–H groups in total. The second-order valence-electron chi connectivity index (χ2n) is 10.5. The van der Waals surface area contributed by atoms with Crippen molar-refractivity contribution in [3.05, 3.63) is 161 Å². The van der Waals surface area contributed by atoms with Crippen molar-refractivity contribution >= 4 is 11.8 Å². The second kappa shape index (κ2) is 11.2. The Balaban J connectivity index is 1.61. The standard InChI is InChI=1S/C36H33N3S/c1-2-23-40-35(22-12-13-29-24-28(25-37)20-21-33(29)35)34-26-39(27-38-34)36(30-14-6-3-7-15-30,31-16-8-4-9-17-31)32-18-10-5-11-19-32/h3-11,14-21,24,26-27H,2,12-13,22-23H2,1H3. The maximum Gasteiger partial charge on any atom is 0.121 e. The summed E-state index contributed by atoms with van der Waals surface area (Å²) < 4.78 is 2.08. The average molecular weight is 540 g/mol. The molecule has 0 radical (unpaired) electrons. The van der Waals surface area contributed by atoms with Crippen molar-refractivity contribution in [3.63, 3.8) is 0 Å². The minimum Gasteiger partial charge on any atom is -0.319 e. The quantitative estimate of drug-likeness (QED) is 0.186. The van der Waals surface area contributed by atoms with Crippen LogP contribution in [0.1, 0.15) is 65.3 Å². The average Bonchev–Trinajstić information content (AvgIpc) is 3.53. The zero-order chi connectivity index (χ0) is 27.4. The molecule has 0 fully saturated rings. The first-order valence-corrected chi connectivity index (χ1v) is 15.1. The van der Waals surface area contributed by atoms with E-state index in [0.717, 1.165) is 42.7 Å². The molecule has 0 spiro atoms. The van der Waals surface area contributed by atoms with Gasteiger partial charge >= 0.3 is 0 Å². The normalized spacial score (nSPS) is 16.7. The van der Waals surface area contributed by atoms with Gasteiger partial charge in [-0.25, -0.2) is 4.98 Å². The lowest BCUT2D eigenvalue weighted by Gasteiger charge is -2.39. The molecule has 198 valence electrons. The second-order valence-corrected chi connectivity index (χ2v) is 11.9. The lowest BCUT2D eigenvalue weighted by molar-refractivity contribution is 0.511. The molecule has 4 aromatic carbocycles. The topological polar surface area (TPSA) is 41.6 Å². The highest BCUT2D eigenvalue weighted by Crippen LogP contribution is 2.51. The number of rotatable bonds is 8. The first-order chi connectivity index (χ1) is 19.7. The van der Waals surface area contributed by atoms with E-state index in [1.165, 1.54) is 27.8 Å². The predicted molar refractivity (Wildman–Crippen MR) is 164 cm³/mol. The zero-order valence-electron chi connectivity index (χ0n) is 22.8. The number of fused-ring (bicyclic) bond motifs is 1. The number of hydrogen-bond donors (Lipinski definition) is 0. The smallest absolute Gasteiger partial charge is 0.121 e. The number of thioether (sulfide) groups is 1. The van der Waals surface area contributed by atoms with Gasteiger partial charge in [0, 0.05) is 6.20 Å². The Hall–Kier alpha value is -4.07. The van der Waals surface area contributed by atoms with Gasteiger partial charge < -0.3 is 4.57 Å². The van der Waals surface area contributed by atoms with Crippen LogP contribution in [0.15, 0.2) is 122 Å². The van der Waals surface area contributed by atoms with Crippen molar-refractivity contribution in [3.8, 4) is 6.07 Å². The molecular formula is C36H33N3S. The first-order valence-electron chi connectivity index (χ1n) is 14.1. The summed E-state index contributed by atoms with van der Waals surface area (Å²) in [6, 6.07) is 40.9. The van der Waals surface area contributed by atoms with Crippen LogP contribution < -0.4 is 0 Å². The van der Waals surface area contributed by atoms with E-state index in [9.17, 15) is 5.26 Å². The number of nitrogens with zero attached hydrogens (tertiary/aromatic N) is 3. The highest BCUT2D eigenvalue weighted by Gasteiger charge is 2.43. The number of benzene rings is 4. The van der Waals surface area contributed by atoms with Crippen LogP contribution >= 0.6 is 11.8 Å². The molecule has 1 aliphatic rings. The molecule has 1 heterocycles. The molecular weight excluding hydrogens is 506 g/mol. The van der Waals surface area contributed by atoms with Crippen LogP contribution in [0.3, 0.4) is 0 Å². The predicted octanol–water partition coefficient (Wildman–Crippen LogP) is 8.32. The minimum absolute atomic E-state index is 0.251. The number of aromatic nitrogens is 2. The number of hydrogen-bond acceptors (Lipinski definition) is 3. The van der Waals surface area contributed by atoms with Gasteiger partial charge in [0.1, 0.15) is 5.54 Å². The molecule has 0 aliphatic heterocycles. The first kappa shape index (κ1) is 26.2. The molecule has 5 aromatic rings. The minimum atomic E-state index is -0.589. The molecule has 1 aliphatic carbocycles. The van der Waals surface area contributed by atoms with Gasteiger partial charge in [0.25, 0.3) is 0 Å². The maximum atomic E-state index is 9.57. The molecule has 40 heavy (non-hydrogen) atoms. The molecule has 0 saturated carbocycles. The van der Waals surface area contributed by atoms with Crippen LogP contribution in [0.25, 0.3) is 0 Å². The van der Waals surface area contributed by atoms with Crippen molar-refractivity contribution in [2.75, 3.05) is 5.75 Å². The molecule has 1 aromatic heterocycles. The van der Waals surface area contributed by atoms with Gasteiger partial charge in [0.05, 0.1) is 28.4 Å². The van der Waals surface area contributed by atoms with Crippen molar-refractivity contribution in [1.82, 2.24) is 9.55 Å². The van der Waals surface area contributed by atoms with Gasteiger partial charge in [-0.2, -0.15) is 5.26 Å². The van der Waals surface area contributed by atoms with Crippen LogP contribution in [0.5, 0.6) is 0 Å². The summed E-state index contributed by atoms with van der Waals surface area (Å²) in [5.74, 6) is 1.05. The fraction of sp³-hybridized carbons (Fsp3) is 0.222. The Kier molecular flexibility index (Phi) is 7.32. The molecule has 4 heteroatoms. The van der Waals surface area contributed by atoms with E-state index in [2.05, 4.69) is 127 Å². The Bertz CT molecular complexity index is 1520.